The average Bonchev–Trinajstić information content (AvgIpc) is 3.17. The molecule has 0 radical (unpaired) electrons. The van der Waals surface area contributed by atoms with Gasteiger partial charge in [-0.1, -0.05) is 6.58 Å². The Labute approximate surface area is 287 Å². The fourth-order valence-electron chi connectivity index (χ4n) is 4.90. The summed E-state index contributed by atoms with van der Waals surface area (Å²) in [5.74, 6) is -0.844. The van der Waals surface area contributed by atoms with Crippen LogP contribution in [0.3, 0.4) is 0 Å². The van der Waals surface area contributed by atoms with Crippen molar-refractivity contribution in [3.05, 3.63) is 24.8 Å². The zero-order valence-electron chi connectivity index (χ0n) is 29.6. The summed E-state index contributed by atoms with van der Waals surface area (Å²) in [6.45, 7) is 6.81. The van der Waals surface area contributed by atoms with Crippen LogP contribution in [0.4, 0.5) is 0 Å². The van der Waals surface area contributed by atoms with Crippen molar-refractivity contribution in [2.45, 2.75) is 127 Å². The molecule has 0 aromatic heterocycles. The summed E-state index contributed by atoms with van der Waals surface area (Å²) in [6, 6.07) is 0. The van der Waals surface area contributed by atoms with Crippen molar-refractivity contribution >= 4 is 24.2 Å². The lowest BCUT2D eigenvalue weighted by Gasteiger charge is -2.21. The van der Waals surface area contributed by atoms with Crippen molar-refractivity contribution < 1.29 is 57.4 Å². The smallest absolute Gasteiger partial charge is 0.330 e. The summed E-state index contributed by atoms with van der Waals surface area (Å²) in [6.07, 6.45) is 22.9. The molecule has 0 saturated carbocycles. The van der Waals surface area contributed by atoms with E-state index in [9.17, 15) is 19.2 Å². The molecular weight excluding hydrogens is 624 g/mol. The van der Waals surface area contributed by atoms with E-state index >= 15 is 0 Å². The minimum absolute atomic E-state index is 0.0938. The van der Waals surface area contributed by atoms with Crippen LogP contribution in [-0.4, -0.2) is 108 Å². The van der Waals surface area contributed by atoms with Gasteiger partial charge in [0.2, 0.25) is 0 Å². The molecule has 4 rings (SSSR count). The van der Waals surface area contributed by atoms with E-state index in [0.29, 0.717) is 19.1 Å². The predicted octanol–water partition coefficient (Wildman–Crippen LogP) is 5.22. The Kier molecular flexibility index (Phi) is 31.1. The lowest BCUT2D eigenvalue weighted by atomic mass is 10.1. The van der Waals surface area contributed by atoms with Gasteiger partial charge in [-0.15, -0.1) is 0 Å². The molecule has 4 fully saturated rings. The number of carbonyl (C=O) groups is 4. The number of ether oxygens (including phenoxy) is 7. The minimum Gasteiger partial charge on any atom is -0.469 e. The Morgan fingerprint density at radius 3 is 1.54 bits per heavy atom. The van der Waals surface area contributed by atoms with Crippen LogP contribution in [0.15, 0.2) is 24.8 Å². The monoisotopic (exact) mass is 686 g/mol. The van der Waals surface area contributed by atoms with E-state index in [1.165, 1.54) is 59.5 Å². The second kappa shape index (κ2) is 32.9. The molecule has 0 spiro atoms. The first-order valence-corrected chi connectivity index (χ1v) is 17.4. The van der Waals surface area contributed by atoms with Crippen LogP contribution in [-0.2, 0) is 52.3 Å². The molecule has 0 bridgehead atoms. The van der Waals surface area contributed by atoms with Crippen LogP contribution in [0.25, 0.3) is 0 Å². The van der Waals surface area contributed by atoms with E-state index in [1.54, 1.807) is 6.08 Å². The number of carbonyl (C=O) groups excluding carboxylic acids is 4. The minimum atomic E-state index is -0.394. The second-order valence-corrected chi connectivity index (χ2v) is 11.5. The number of hydrogen-bond donors (Lipinski definition) is 1. The fourth-order valence-corrected chi connectivity index (χ4v) is 4.90. The quantitative estimate of drug-likeness (QED) is 0.139. The summed E-state index contributed by atoms with van der Waals surface area (Å²) in [5.41, 5.74) is 0. The molecule has 0 amide bonds. The van der Waals surface area contributed by atoms with Crippen LogP contribution >= 0.6 is 0 Å². The van der Waals surface area contributed by atoms with Crippen molar-refractivity contribution in [3.8, 4) is 0 Å². The average molecular weight is 687 g/mol. The van der Waals surface area contributed by atoms with E-state index in [0.717, 1.165) is 103 Å². The van der Waals surface area contributed by atoms with Gasteiger partial charge in [0.25, 0.3) is 0 Å². The van der Waals surface area contributed by atoms with Crippen LogP contribution < -0.4 is 0 Å². The summed E-state index contributed by atoms with van der Waals surface area (Å²) < 4.78 is 34.5. The zero-order chi connectivity index (χ0) is 35.7. The zero-order valence-corrected chi connectivity index (χ0v) is 29.6. The van der Waals surface area contributed by atoms with Gasteiger partial charge in [0.15, 0.2) is 0 Å². The number of aliphatic hydroxyl groups excluding tert-OH is 1. The summed E-state index contributed by atoms with van der Waals surface area (Å²) in [7, 11) is 4.10. The third-order valence-electron chi connectivity index (χ3n) is 7.73. The Hall–Kier alpha value is -2.64. The number of aldehydes is 1. The SMILES string of the molecule is C=CC(=O)OC.COC(=O)/C=C/C1CCCCO1.COC(=O)CCC1CCCCO1.O=C[C@@H]1CCCCO1.OCCCC1CCCCO1. The second-order valence-electron chi connectivity index (χ2n) is 11.5. The van der Waals surface area contributed by atoms with Crippen molar-refractivity contribution in [2.24, 2.45) is 0 Å². The Morgan fingerprint density at radius 1 is 0.688 bits per heavy atom. The van der Waals surface area contributed by atoms with Gasteiger partial charge in [0.1, 0.15) is 12.4 Å². The van der Waals surface area contributed by atoms with Crippen LogP contribution in [0, 0.1) is 0 Å². The summed E-state index contributed by atoms with van der Waals surface area (Å²) in [5, 5.41) is 8.54. The number of rotatable bonds is 10. The van der Waals surface area contributed by atoms with Gasteiger partial charge in [-0.25, -0.2) is 9.59 Å². The first-order chi connectivity index (χ1) is 23.3. The van der Waals surface area contributed by atoms with E-state index in [2.05, 4.69) is 20.8 Å². The number of methoxy groups -OCH3 is 3. The molecule has 12 nitrogen and oxygen atoms in total. The van der Waals surface area contributed by atoms with Gasteiger partial charge < -0.3 is 43.1 Å². The third kappa shape index (κ3) is 27.3. The van der Waals surface area contributed by atoms with Crippen LogP contribution in [0.5, 0.6) is 0 Å². The molecule has 1 N–H and O–H groups in total. The molecule has 4 heterocycles. The Bertz CT molecular complexity index is 838. The molecule has 4 saturated heterocycles. The van der Waals surface area contributed by atoms with Gasteiger partial charge in [0, 0.05) is 51.6 Å². The fraction of sp³-hybridized carbons (Fsp3) is 0.778. The van der Waals surface area contributed by atoms with Crippen LogP contribution in [0.1, 0.15) is 103 Å². The number of hydrogen-bond acceptors (Lipinski definition) is 12. The molecular formula is C36H62O12. The normalized spacial score (nSPS) is 23.3. The lowest BCUT2D eigenvalue weighted by Crippen LogP contribution is -2.20. The largest absolute Gasteiger partial charge is 0.469 e. The molecule has 12 heteroatoms. The van der Waals surface area contributed by atoms with Crippen molar-refractivity contribution in [1.82, 2.24) is 0 Å². The van der Waals surface area contributed by atoms with E-state index in [-0.39, 0.29) is 30.3 Å². The highest BCUT2D eigenvalue weighted by molar-refractivity contribution is 5.81. The standard InChI is InChI=1S/C9H16O3.C9H14O3.C8H16O2.C6H10O2.C4H6O2/c2*1-11-9(10)6-5-8-4-2-3-7-12-8;9-6-3-5-8-4-1-2-7-10-8;7-5-6-3-1-2-4-8-6;1-3-4(5)6-2/h8H,2-7H2,1H3;5-6,8H,2-4,7H2,1H3;8-9H,1-7H2;5-6H,1-4H2;3H,1H2,2H3/b;6-5+;;;/t;;;6-;/m...0./s1. The molecule has 4 atom stereocenters. The summed E-state index contributed by atoms with van der Waals surface area (Å²) >= 11 is 0. The van der Waals surface area contributed by atoms with Crippen molar-refractivity contribution in [3.63, 3.8) is 0 Å². The van der Waals surface area contributed by atoms with Gasteiger partial charge in [-0.2, -0.15) is 0 Å². The van der Waals surface area contributed by atoms with Gasteiger partial charge >= 0.3 is 17.9 Å². The summed E-state index contributed by atoms with van der Waals surface area (Å²) in [4.78, 5) is 41.3. The first kappa shape index (κ1) is 45.4. The highest BCUT2D eigenvalue weighted by atomic mass is 16.5. The Morgan fingerprint density at radius 2 is 1.19 bits per heavy atom. The molecule has 0 aromatic rings. The highest BCUT2D eigenvalue weighted by Crippen LogP contribution is 2.18. The third-order valence-corrected chi connectivity index (χ3v) is 7.73. The highest BCUT2D eigenvalue weighted by Gasteiger charge is 2.15. The van der Waals surface area contributed by atoms with Gasteiger partial charge in [-0.05, 0) is 102 Å². The van der Waals surface area contributed by atoms with Crippen molar-refractivity contribution in [2.75, 3.05) is 54.4 Å². The first-order valence-electron chi connectivity index (χ1n) is 17.4. The van der Waals surface area contributed by atoms with Crippen LogP contribution in [0.2, 0.25) is 0 Å². The van der Waals surface area contributed by atoms with Gasteiger partial charge in [-0.3, -0.25) is 4.79 Å². The predicted molar refractivity (Wildman–Crippen MR) is 181 cm³/mol. The molecule has 4 aliphatic heterocycles. The Balaban J connectivity index is 0.000000587. The molecule has 4 aliphatic rings. The molecule has 0 aliphatic carbocycles. The van der Waals surface area contributed by atoms with Crippen molar-refractivity contribution in [1.29, 1.82) is 0 Å². The topological polar surface area (TPSA) is 153 Å². The van der Waals surface area contributed by atoms with E-state index in [4.69, 9.17) is 24.1 Å². The maximum atomic E-state index is 10.8. The lowest BCUT2D eigenvalue weighted by molar-refractivity contribution is -0.141. The van der Waals surface area contributed by atoms with E-state index in [1.807, 2.05) is 0 Å². The maximum Gasteiger partial charge on any atom is 0.330 e. The number of aliphatic hydroxyl groups is 1. The van der Waals surface area contributed by atoms with Gasteiger partial charge in [0.05, 0.1) is 39.6 Å². The molecule has 3 unspecified atom stereocenters. The molecule has 278 valence electrons. The van der Waals surface area contributed by atoms with E-state index < -0.39 is 5.97 Å². The molecule has 48 heavy (non-hydrogen) atoms. The number of esters is 3. The maximum absolute atomic E-state index is 10.8. The molecule has 0 aromatic carbocycles.